The van der Waals surface area contributed by atoms with Crippen molar-refractivity contribution in [1.29, 1.82) is 0 Å². The molecule has 0 fully saturated rings. The third-order valence-electron chi connectivity index (χ3n) is 4.50. The van der Waals surface area contributed by atoms with E-state index in [-0.39, 0.29) is 11.2 Å². The number of hydrogen-bond acceptors (Lipinski definition) is 3. The third-order valence-corrected chi connectivity index (χ3v) is 4.50. The lowest BCUT2D eigenvalue weighted by atomic mass is 9.87. The van der Waals surface area contributed by atoms with E-state index in [0.717, 1.165) is 16.6 Å². The number of ether oxygens (including phenoxy) is 1. The first-order chi connectivity index (χ1) is 12.2. The average molecular weight is 351 g/mol. The van der Waals surface area contributed by atoms with Crippen LogP contribution in [0, 0.1) is 0 Å². The number of rotatable bonds is 3. The number of aromatic nitrogens is 3. The number of fused-ring (bicyclic) bond motifs is 4. The molecule has 0 saturated heterocycles. The second-order valence-electron chi connectivity index (χ2n) is 7.64. The molecule has 1 N–H and O–H groups in total. The van der Waals surface area contributed by atoms with Gasteiger partial charge in [0.25, 0.3) is 0 Å². The van der Waals surface area contributed by atoms with Crippen molar-refractivity contribution in [3.63, 3.8) is 0 Å². The first kappa shape index (κ1) is 16.3. The molecule has 0 aliphatic carbocycles. The zero-order valence-electron chi connectivity index (χ0n) is 15.3. The highest BCUT2D eigenvalue weighted by atomic mass is 16.5. The number of hydrogen-bond donors (Lipinski definition) is 1. The van der Waals surface area contributed by atoms with E-state index >= 15 is 0 Å². The maximum Gasteiger partial charge on any atom is 0.338 e. The smallest absolute Gasteiger partial charge is 0.338 e. The first-order valence-corrected chi connectivity index (χ1v) is 8.44. The molecule has 0 radical (unpaired) electrons. The summed E-state index contributed by atoms with van der Waals surface area (Å²) in [4.78, 5) is 13.6. The van der Waals surface area contributed by atoms with Gasteiger partial charge in [-0.05, 0) is 42.2 Å². The predicted molar refractivity (Wildman–Crippen MR) is 99.7 cm³/mol. The van der Waals surface area contributed by atoms with E-state index in [2.05, 4.69) is 27.4 Å². The summed E-state index contributed by atoms with van der Waals surface area (Å²) in [6.45, 7) is 11.6. The molecular weight excluding hydrogens is 330 g/mol. The summed E-state index contributed by atoms with van der Waals surface area (Å²) >= 11 is 0. The van der Waals surface area contributed by atoms with Gasteiger partial charge in [0, 0.05) is 11.6 Å². The van der Waals surface area contributed by atoms with E-state index in [1.54, 1.807) is 25.1 Å². The zero-order valence-corrected chi connectivity index (χ0v) is 15.3. The van der Waals surface area contributed by atoms with Crippen LogP contribution in [0.2, 0.25) is 0 Å². The van der Waals surface area contributed by atoms with Crippen LogP contribution < -0.4 is 4.74 Å². The van der Waals surface area contributed by atoms with Crippen molar-refractivity contribution in [2.24, 2.45) is 0 Å². The highest BCUT2D eigenvalue weighted by Gasteiger charge is 2.27. The Morgan fingerprint density at radius 3 is 2.42 bits per heavy atom. The molecule has 0 bridgehead atoms. The second kappa shape index (κ2) is 5.17. The van der Waals surface area contributed by atoms with Crippen LogP contribution in [-0.4, -0.2) is 25.1 Å². The Labute approximate surface area is 150 Å². The highest BCUT2D eigenvalue weighted by molar-refractivity contribution is 5.90. The molecule has 134 valence electrons. The van der Waals surface area contributed by atoms with Crippen molar-refractivity contribution < 1.29 is 14.6 Å². The van der Waals surface area contributed by atoms with Gasteiger partial charge in [-0.25, -0.2) is 4.79 Å². The average Bonchev–Trinajstić information content (AvgIpc) is 3.21. The summed E-state index contributed by atoms with van der Waals surface area (Å²) in [5.41, 5.74) is 4.09. The Morgan fingerprint density at radius 2 is 1.77 bits per heavy atom. The molecule has 2 aromatic heterocycles. The molecule has 6 nitrogen and oxygen atoms in total. The fourth-order valence-electron chi connectivity index (χ4n) is 2.93. The largest absolute Gasteiger partial charge is 0.506 e. The van der Waals surface area contributed by atoms with Gasteiger partial charge >= 0.3 is 5.97 Å². The molecule has 4 rings (SSSR count). The summed E-state index contributed by atoms with van der Waals surface area (Å²) in [6, 6.07) is 11.1. The lowest BCUT2D eigenvalue weighted by Crippen LogP contribution is -2.11. The van der Waals surface area contributed by atoms with E-state index in [1.165, 1.54) is 0 Å². The van der Waals surface area contributed by atoms with Gasteiger partial charge in [0.05, 0.1) is 0 Å². The lowest BCUT2D eigenvalue weighted by molar-refractivity contribution is -0.130. The molecule has 0 unspecified atom stereocenters. The topological polar surface area (TPSA) is 60.3 Å². The van der Waals surface area contributed by atoms with Crippen LogP contribution >= 0.6 is 0 Å². The first-order valence-electron chi connectivity index (χ1n) is 8.44. The molecule has 0 aliphatic heterocycles. The molecule has 2 heterocycles. The molecule has 0 spiro atoms. The van der Waals surface area contributed by atoms with E-state index in [4.69, 9.17) is 4.74 Å². The number of esters is 1. The summed E-state index contributed by atoms with van der Waals surface area (Å²) in [7, 11) is 0. The third kappa shape index (κ3) is 2.37. The van der Waals surface area contributed by atoms with Gasteiger partial charge in [0.1, 0.15) is 28.2 Å². The number of carbonyl (C=O) groups excluding carboxylic acids is 1. The van der Waals surface area contributed by atoms with Crippen LogP contribution in [0.1, 0.15) is 33.3 Å². The van der Waals surface area contributed by atoms with Gasteiger partial charge < -0.3 is 9.84 Å². The van der Waals surface area contributed by atoms with E-state index in [0.29, 0.717) is 17.0 Å². The quantitative estimate of drug-likeness (QED) is 0.346. The zero-order chi connectivity index (χ0) is 18.8. The minimum absolute atomic E-state index is 0.0149. The fourth-order valence-corrected chi connectivity index (χ4v) is 2.93. The normalized spacial score (nSPS) is 12.3. The Morgan fingerprint density at radius 1 is 1.08 bits per heavy atom. The van der Waals surface area contributed by atoms with Gasteiger partial charge in [-0.1, -0.05) is 33.4 Å². The van der Waals surface area contributed by atoms with Crippen molar-refractivity contribution in [3.05, 3.63) is 54.1 Å². The lowest BCUT2D eigenvalue weighted by Gasteiger charge is -2.19. The van der Waals surface area contributed by atoms with Crippen molar-refractivity contribution in [1.82, 2.24) is 14.1 Å². The van der Waals surface area contributed by atoms with Crippen LogP contribution in [0.5, 0.6) is 11.5 Å². The highest BCUT2D eigenvalue weighted by Crippen LogP contribution is 2.35. The molecule has 0 aliphatic rings. The molecule has 2 aromatic carbocycles. The van der Waals surface area contributed by atoms with Crippen LogP contribution in [0.4, 0.5) is 0 Å². The standard InChI is InChI=1S/C20H21N3O3/c1-12(2)19(25)26-14-7-8-15-16(11-14)22-21(15)23(22)17-10-13(20(3,4)5)6-9-18(17)24/h6-11,24H,1H2,2-5H3. The van der Waals surface area contributed by atoms with E-state index < -0.39 is 5.97 Å². The van der Waals surface area contributed by atoms with Crippen LogP contribution in [-0.2, 0) is 10.2 Å². The van der Waals surface area contributed by atoms with Gasteiger partial charge in [-0.15, -0.1) is 14.1 Å². The molecule has 6 heteroatoms. The molecular formula is C20H21N3O3. The van der Waals surface area contributed by atoms with Crippen LogP contribution in [0.25, 0.3) is 16.7 Å². The Kier molecular flexibility index (Phi) is 3.25. The van der Waals surface area contributed by atoms with Gasteiger partial charge in [0.15, 0.2) is 0 Å². The number of phenolic OH excluding ortho intramolecular Hbond substituents is 1. The molecule has 0 atom stereocenters. The van der Waals surface area contributed by atoms with Crippen LogP contribution in [0.15, 0.2) is 48.6 Å². The minimum atomic E-state index is -0.445. The van der Waals surface area contributed by atoms with Crippen molar-refractivity contribution in [3.8, 4) is 17.2 Å². The predicted octanol–water partition coefficient (Wildman–Crippen LogP) is 3.91. The number of nitrogens with zero attached hydrogens (tertiary/aromatic N) is 3. The fraction of sp³-hybridized carbons (Fsp3) is 0.250. The molecule has 0 saturated carbocycles. The number of benzene rings is 2. The minimum Gasteiger partial charge on any atom is -0.506 e. The Bertz CT molecular complexity index is 1150. The SMILES string of the molecule is C=C(C)C(=O)Oc1ccc2c(c1)n1n(-c3cc(C(C)(C)C)ccc3O)n21. The van der Waals surface area contributed by atoms with Gasteiger partial charge in [-0.2, -0.15) is 0 Å². The number of phenols is 1. The van der Waals surface area contributed by atoms with Crippen molar-refractivity contribution in [2.45, 2.75) is 33.1 Å². The monoisotopic (exact) mass is 351 g/mol. The summed E-state index contributed by atoms with van der Waals surface area (Å²) in [6.07, 6.45) is 0. The number of aromatic hydroxyl groups is 1. The maximum atomic E-state index is 11.7. The number of carbonyl (C=O) groups is 1. The summed E-state index contributed by atoms with van der Waals surface area (Å²) < 4.78 is 9.15. The van der Waals surface area contributed by atoms with Crippen LogP contribution in [0.3, 0.4) is 0 Å². The molecule has 26 heavy (non-hydrogen) atoms. The van der Waals surface area contributed by atoms with Gasteiger partial charge in [0.2, 0.25) is 0 Å². The summed E-state index contributed by atoms with van der Waals surface area (Å²) in [5, 5.41) is 10.3. The Hall–Kier alpha value is -3.15. The summed E-state index contributed by atoms with van der Waals surface area (Å²) in [5.74, 6) is 0.238. The second-order valence-corrected chi connectivity index (χ2v) is 7.64. The Balaban J connectivity index is 1.75. The van der Waals surface area contributed by atoms with Crippen molar-refractivity contribution in [2.75, 3.05) is 0 Å². The van der Waals surface area contributed by atoms with E-state index in [9.17, 15) is 9.90 Å². The van der Waals surface area contributed by atoms with Gasteiger partial charge in [-0.3, -0.25) is 0 Å². The maximum absolute atomic E-state index is 11.7. The van der Waals surface area contributed by atoms with E-state index in [1.807, 2.05) is 32.3 Å². The molecule has 4 aromatic rings. The van der Waals surface area contributed by atoms with Crippen molar-refractivity contribution >= 4 is 17.0 Å². The molecule has 0 amide bonds.